The molecule has 1 heterocycles. The van der Waals surface area contributed by atoms with E-state index in [9.17, 15) is 0 Å². The number of nitrogens with zero attached hydrogens (tertiary/aromatic N) is 3. The van der Waals surface area contributed by atoms with Crippen LogP contribution < -0.4 is 0 Å². The van der Waals surface area contributed by atoms with Gasteiger partial charge in [-0.25, -0.2) is 4.98 Å². The molecule has 0 spiro atoms. The lowest BCUT2D eigenvalue weighted by atomic mass is 10.3. The third-order valence-corrected chi connectivity index (χ3v) is 1.76. The molecule has 0 saturated carbocycles. The van der Waals surface area contributed by atoms with Crippen LogP contribution >= 0.6 is 11.6 Å². The molecule has 60 valence electrons. The Balaban J connectivity index is 2.79. The van der Waals surface area contributed by atoms with Crippen molar-refractivity contribution < 1.29 is 0 Å². The maximum Gasteiger partial charge on any atom is 0.148 e. The van der Waals surface area contributed by atoms with Crippen LogP contribution in [-0.2, 0) is 0 Å². The molecular weight excluding hydrogens is 174 g/mol. The molecular formula is C8H6ClN3. The molecule has 2 rings (SSSR count). The predicted octanol–water partition coefficient (Wildman–Crippen LogP) is 1.99. The molecule has 0 unspecified atom stereocenters. The Labute approximate surface area is 74.4 Å². The molecule has 0 atom stereocenters. The van der Waals surface area contributed by atoms with Crippen LogP contribution in [0.2, 0.25) is 5.02 Å². The first-order valence-electron chi connectivity index (χ1n) is 3.52. The molecule has 12 heavy (non-hydrogen) atoms. The van der Waals surface area contributed by atoms with E-state index in [1.54, 1.807) is 19.1 Å². The summed E-state index contributed by atoms with van der Waals surface area (Å²) in [6, 6.07) is 5.37. The molecule has 0 aliphatic carbocycles. The normalized spacial score (nSPS) is 10.5. The molecule has 4 heteroatoms. The van der Waals surface area contributed by atoms with Gasteiger partial charge in [0.1, 0.15) is 11.3 Å². The number of hydrogen-bond donors (Lipinski definition) is 0. The lowest BCUT2D eigenvalue weighted by Gasteiger charge is -1.95. The summed E-state index contributed by atoms with van der Waals surface area (Å²) in [7, 11) is 0. The Bertz CT molecular complexity index is 386. The number of fused-ring (bicyclic) bond motifs is 1. The van der Waals surface area contributed by atoms with Gasteiger partial charge in [-0.15, -0.1) is 10.2 Å². The standard InChI is InChI=1S/C8H6ClN3/c1-5-10-7-3-2-6(9)4-8(7)12-11-5/h2-4H,1H3. The Hall–Kier alpha value is -1.22. The predicted molar refractivity (Wildman–Crippen MR) is 47.1 cm³/mol. The number of aryl methyl sites for hydroxylation is 1. The lowest BCUT2D eigenvalue weighted by molar-refractivity contribution is 0.952. The van der Waals surface area contributed by atoms with Crippen LogP contribution in [-0.4, -0.2) is 15.2 Å². The molecule has 0 aliphatic rings. The summed E-state index contributed by atoms with van der Waals surface area (Å²) in [6.07, 6.45) is 0. The van der Waals surface area contributed by atoms with E-state index in [4.69, 9.17) is 11.6 Å². The maximum absolute atomic E-state index is 5.76. The average Bonchev–Trinajstić information content (AvgIpc) is 2.05. The summed E-state index contributed by atoms with van der Waals surface area (Å²) in [5.74, 6) is 0.671. The highest BCUT2D eigenvalue weighted by atomic mass is 35.5. The fourth-order valence-electron chi connectivity index (χ4n) is 0.994. The zero-order valence-electron chi connectivity index (χ0n) is 6.45. The average molecular weight is 180 g/mol. The zero-order valence-corrected chi connectivity index (χ0v) is 7.21. The summed E-state index contributed by atoms with van der Waals surface area (Å²) >= 11 is 5.76. The van der Waals surface area contributed by atoms with E-state index >= 15 is 0 Å². The van der Waals surface area contributed by atoms with Gasteiger partial charge in [0.2, 0.25) is 0 Å². The van der Waals surface area contributed by atoms with E-state index in [2.05, 4.69) is 15.2 Å². The SMILES string of the molecule is Cc1nnc2cc(Cl)ccc2n1. The van der Waals surface area contributed by atoms with Gasteiger partial charge in [0, 0.05) is 5.02 Å². The largest absolute Gasteiger partial charge is 0.230 e. The van der Waals surface area contributed by atoms with Gasteiger partial charge in [-0.05, 0) is 25.1 Å². The molecule has 0 amide bonds. The van der Waals surface area contributed by atoms with Crippen molar-refractivity contribution >= 4 is 22.6 Å². The van der Waals surface area contributed by atoms with Crippen LogP contribution in [0.25, 0.3) is 11.0 Å². The van der Waals surface area contributed by atoms with E-state index in [1.807, 2.05) is 6.07 Å². The minimum Gasteiger partial charge on any atom is -0.230 e. The highest BCUT2D eigenvalue weighted by Gasteiger charge is 1.97. The molecule has 0 fully saturated rings. The number of benzene rings is 1. The van der Waals surface area contributed by atoms with Gasteiger partial charge in [-0.2, -0.15) is 0 Å². The van der Waals surface area contributed by atoms with Crippen LogP contribution in [0.4, 0.5) is 0 Å². The van der Waals surface area contributed by atoms with Crippen molar-refractivity contribution in [2.75, 3.05) is 0 Å². The molecule has 2 aromatic rings. The Morgan fingerprint density at radius 1 is 1.17 bits per heavy atom. The van der Waals surface area contributed by atoms with Crippen LogP contribution in [0.3, 0.4) is 0 Å². The van der Waals surface area contributed by atoms with Crippen molar-refractivity contribution in [2.45, 2.75) is 6.92 Å². The first-order chi connectivity index (χ1) is 5.75. The van der Waals surface area contributed by atoms with Gasteiger partial charge in [0.05, 0.1) is 5.52 Å². The molecule has 1 aromatic heterocycles. The smallest absolute Gasteiger partial charge is 0.148 e. The molecule has 1 aromatic carbocycles. The van der Waals surface area contributed by atoms with Crippen molar-refractivity contribution in [3.63, 3.8) is 0 Å². The van der Waals surface area contributed by atoms with Crippen molar-refractivity contribution in [1.29, 1.82) is 0 Å². The van der Waals surface area contributed by atoms with Gasteiger partial charge in [0.15, 0.2) is 0 Å². The van der Waals surface area contributed by atoms with Gasteiger partial charge in [-0.1, -0.05) is 11.6 Å². The van der Waals surface area contributed by atoms with Crippen molar-refractivity contribution in [1.82, 2.24) is 15.2 Å². The molecule has 0 radical (unpaired) electrons. The first kappa shape index (κ1) is 7.43. The highest BCUT2D eigenvalue weighted by molar-refractivity contribution is 6.31. The third kappa shape index (κ3) is 1.23. The molecule has 0 saturated heterocycles. The fourth-order valence-corrected chi connectivity index (χ4v) is 1.16. The lowest BCUT2D eigenvalue weighted by Crippen LogP contribution is -1.91. The number of hydrogen-bond acceptors (Lipinski definition) is 3. The maximum atomic E-state index is 5.76. The topological polar surface area (TPSA) is 38.7 Å². The van der Waals surface area contributed by atoms with E-state index in [0.717, 1.165) is 11.0 Å². The second kappa shape index (κ2) is 2.68. The third-order valence-electron chi connectivity index (χ3n) is 1.52. The molecule has 0 aliphatic heterocycles. The second-order valence-electron chi connectivity index (χ2n) is 2.49. The Morgan fingerprint density at radius 2 is 2.00 bits per heavy atom. The second-order valence-corrected chi connectivity index (χ2v) is 2.93. The number of halogens is 1. The number of aromatic nitrogens is 3. The summed E-state index contributed by atoms with van der Waals surface area (Å²) in [5.41, 5.74) is 1.56. The van der Waals surface area contributed by atoms with Gasteiger partial charge in [-0.3, -0.25) is 0 Å². The van der Waals surface area contributed by atoms with Crippen molar-refractivity contribution in [2.24, 2.45) is 0 Å². The molecule has 3 nitrogen and oxygen atoms in total. The highest BCUT2D eigenvalue weighted by Crippen LogP contribution is 2.14. The first-order valence-corrected chi connectivity index (χ1v) is 3.90. The van der Waals surface area contributed by atoms with Crippen molar-refractivity contribution in [3.05, 3.63) is 29.0 Å². The van der Waals surface area contributed by atoms with Crippen LogP contribution in [0.5, 0.6) is 0 Å². The number of rotatable bonds is 0. The van der Waals surface area contributed by atoms with E-state index < -0.39 is 0 Å². The monoisotopic (exact) mass is 179 g/mol. The minimum atomic E-state index is 0.655. The van der Waals surface area contributed by atoms with Crippen LogP contribution in [0.1, 0.15) is 5.82 Å². The summed E-state index contributed by atoms with van der Waals surface area (Å²) in [5, 5.41) is 8.43. The molecule has 0 N–H and O–H groups in total. The Kier molecular flexibility index (Phi) is 1.66. The summed E-state index contributed by atoms with van der Waals surface area (Å²) in [4.78, 5) is 4.18. The quantitative estimate of drug-likeness (QED) is 0.621. The Morgan fingerprint density at radius 3 is 2.83 bits per heavy atom. The zero-order chi connectivity index (χ0) is 8.55. The molecule has 0 bridgehead atoms. The van der Waals surface area contributed by atoms with Crippen molar-refractivity contribution in [3.8, 4) is 0 Å². The van der Waals surface area contributed by atoms with Gasteiger partial charge >= 0.3 is 0 Å². The summed E-state index contributed by atoms with van der Waals surface area (Å²) < 4.78 is 0. The summed E-state index contributed by atoms with van der Waals surface area (Å²) in [6.45, 7) is 1.81. The van der Waals surface area contributed by atoms with Crippen LogP contribution in [0, 0.1) is 6.92 Å². The minimum absolute atomic E-state index is 0.655. The van der Waals surface area contributed by atoms with E-state index in [-0.39, 0.29) is 0 Å². The van der Waals surface area contributed by atoms with Gasteiger partial charge < -0.3 is 0 Å². The fraction of sp³-hybridized carbons (Fsp3) is 0.125. The van der Waals surface area contributed by atoms with Crippen LogP contribution in [0.15, 0.2) is 18.2 Å². The van der Waals surface area contributed by atoms with E-state index in [0.29, 0.717) is 10.8 Å². The van der Waals surface area contributed by atoms with E-state index in [1.165, 1.54) is 0 Å². The van der Waals surface area contributed by atoms with Gasteiger partial charge in [0.25, 0.3) is 0 Å².